The Labute approximate surface area is 127 Å². The fourth-order valence-corrected chi connectivity index (χ4v) is 3.99. The number of ether oxygens (including phenoxy) is 1. The van der Waals surface area contributed by atoms with E-state index < -0.39 is 0 Å². The van der Waals surface area contributed by atoms with Gasteiger partial charge in [0.2, 0.25) is 0 Å². The Morgan fingerprint density at radius 2 is 2.14 bits per heavy atom. The van der Waals surface area contributed by atoms with Gasteiger partial charge in [0.05, 0.1) is 7.11 Å². The van der Waals surface area contributed by atoms with Crippen LogP contribution in [0.5, 0.6) is 5.75 Å². The van der Waals surface area contributed by atoms with Gasteiger partial charge in [-0.15, -0.1) is 0 Å². The molecule has 1 aromatic rings. The second kappa shape index (κ2) is 5.85. The van der Waals surface area contributed by atoms with Gasteiger partial charge in [0.25, 0.3) is 0 Å². The molecule has 0 aromatic heterocycles. The van der Waals surface area contributed by atoms with Crippen molar-refractivity contribution in [2.75, 3.05) is 45.7 Å². The largest absolute Gasteiger partial charge is 0.496 e. The van der Waals surface area contributed by atoms with Crippen LogP contribution in [0, 0.1) is 5.92 Å². The molecule has 4 nitrogen and oxygen atoms in total. The second-order valence-electron chi connectivity index (χ2n) is 6.50. The van der Waals surface area contributed by atoms with Crippen molar-refractivity contribution in [1.29, 1.82) is 0 Å². The smallest absolute Gasteiger partial charge is 0.128 e. The predicted molar refractivity (Wildman–Crippen MR) is 87.1 cm³/mol. The van der Waals surface area contributed by atoms with Gasteiger partial charge in [0.1, 0.15) is 5.75 Å². The summed E-state index contributed by atoms with van der Waals surface area (Å²) >= 11 is 0. The van der Waals surface area contributed by atoms with Gasteiger partial charge in [0.15, 0.2) is 0 Å². The van der Waals surface area contributed by atoms with Crippen molar-refractivity contribution >= 4 is 5.69 Å². The Kier molecular flexibility index (Phi) is 4.09. The predicted octanol–water partition coefficient (Wildman–Crippen LogP) is 2.03. The van der Waals surface area contributed by atoms with Crippen molar-refractivity contribution in [2.45, 2.75) is 25.3 Å². The van der Waals surface area contributed by atoms with Crippen LogP contribution < -0.4 is 15.4 Å². The summed E-state index contributed by atoms with van der Waals surface area (Å²) in [6, 6.07) is 4.97. The van der Waals surface area contributed by atoms with Crippen LogP contribution in [0.1, 0.15) is 30.0 Å². The first-order chi connectivity index (χ1) is 10.2. The van der Waals surface area contributed by atoms with Crippen LogP contribution in [-0.4, -0.2) is 45.7 Å². The maximum atomic E-state index is 5.87. The maximum absolute atomic E-state index is 5.87. The Bertz CT molecular complexity index is 517. The molecule has 1 saturated heterocycles. The summed E-state index contributed by atoms with van der Waals surface area (Å²) in [7, 11) is 6.18. The highest BCUT2D eigenvalue weighted by molar-refractivity contribution is 5.63. The summed E-state index contributed by atoms with van der Waals surface area (Å²) < 4.78 is 5.84. The number of hydrogen-bond donors (Lipinski definition) is 1. The number of fused-ring (bicyclic) bond motifs is 1. The molecule has 0 bridgehead atoms. The zero-order valence-electron chi connectivity index (χ0n) is 13.4. The minimum Gasteiger partial charge on any atom is -0.496 e. The fourth-order valence-electron chi connectivity index (χ4n) is 3.99. The van der Waals surface area contributed by atoms with E-state index in [1.165, 1.54) is 23.2 Å². The fraction of sp³-hybridized carbons (Fsp3) is 0.647. The van der Waals surface area contributed by atoms with Crippen molar-refractivity contribution in [2.24, 2.45) is 11.7 Å². The van der Waals surface area contributed by atoms with Gasteiger partial charge in [-0.2, -0.15) is 0 Å². The number of methoxy groups -OCH3 is 1. The van der Waals surface area contributed by atoms with Crippen molar-refractivity contribution in [3.05, 3.63) is 23.3 Å². The Balaban J connectivity index is 2.00. The van der Waals surface area contributed by atoms with Crippen LogP contribution in [0.2, 0.25) is 0 Å². The molecule has 1 aromatic carbocycles. The Morgan fingerprint density at radius 3 is 2.81 bits per heavy atom. The lowest BCUT2D eigenvalue weighted by Crippen LogP contribution is -2.26. The first-order valence-electron chi connectivity index (χ1n) is 7.97. The van der Waals surface area contributed by atoms with E-state index >= 15 is 0 Å². The molecule has 2 atom stereocenters. The quantitative estimate of drug-likeness (QED) is 0.924. The van der Waals surface area contributed by atoms with Crippen LogP contribution in [0.15, 0.2) is 12.1 Å². The summed E-state index contributed by atoms with van der Waals surface area (Å²) in [4.78, 5) is 4.76. The number of anilines is 1. The van der Waals surface area contributed by atoms with Crippen molar-refractivity contribution in [3.8, 4) is 5.75 Å². The van der Waals surface area contributed by atoms with Crippen molar-refractivity contribution in [1.82, 2.24) is 4.90 Å². The van der Waals surface area contributed by atoms with E-state index in [9.17, 15) is 0 Å². The van der Waals surface area contributed by atoms with Crippen molar-refractivity contribution in [3.63, 3.8) is 0 Å². The van der Waals surface area contributed by atoms with Gasteiger partial charge < -0.3 is 15.4 Å². The zero-order chi connectivity index (χ0) is 15.0. The van der Waals surface area contributed by atoms with Crippen LogP contribution in [0.25, 0.3) is 0 Å². The monoisotopic (exact) mass is 289 g/mol. The minimum absolute atomic E-state index is 0.436. The van der Waals surface area contributed by atoms with Gasteiger partial charge in [0, 0.05) is 43.0 Å². The highest BCUT2D eigenvalue weighted by Crippen LogP contribution is 2.43. The molecule has 0 radical (unpaired) electrons. The first kappa shape index (κ1) is 14.7. The van der Waals surface area contributed by atoms with Crippen LogP contribution in [0.3, 0.4) is 0 Å². The SMILES string of the molecule is COc1c(C2CC(CN)CN2C)ccc2c1CCCN2C. The third-order valence-electron chi connectivity index (χ3n) is 5.13. The lowest BCUT2D eigenvalue weighted by atomic mass is 9.92. The highest BCUT2D eigenvalue weighted by atomic mass is 16.5. The summed E-state index contributed by atoms with van der Waals surface area (Å²) in [6.45, 7) is 2.99. The molecule has 2 unspecified atom stereocenters. The number of rotatable bonds is 3. The lowest BCUT2D eigenvalue weighted by molar-refractivity contribution is 0.302. The number of nitrogens with two attached hydrogens (primary N) is 1. The number of hydrogen-bond acceptors (Lipinski definition) is 4. The molecular formula is C17H27N3O. The topological polar surface area (TPSA) is 41.7 Å². The van der Waals surface area contributed by atoms with Gasteiger partial charge in [-0.25, -0.2) is 0 Å². The summed E-state index contributed by atoms with van der Waals surface area (Å²) in [5.74, 6) is 1.71. The van der Waals surface area contributed by atoms with E-state index in [-0.39, 0.29) is 0 Å². The van der Waals surface area contributed by atoms with Crippen LogP contribution >= 0.6 is 0 Å². The second-order valence-corrected chi connectivity index (χ2v) is 6.50. The van der Waals surface area contributed by atoms with Crippen LogP contribution in [-0.2, 0) is 6.42 Å². The molecule has 2 heterocycles. The summed E-state index contributed by atoms with van der Waals surface area (Å²) in [5.41, 5.74) is 9.92. The Morgan fingerprint density at radius 1 is 1.33 bits per heavy atom. The maximum Gasteiger partial charge on any atom is 0.128 e. The molecule has 0 saturated carbocycles. The summed E-state index contributed by atoms with van der Waals surface area (Å²) in [6.07, 6.45) is 3.46. The summed E-state index contributed by atoms with van der Waals surface area (Å²) in [5, 5.41) is 0. The minimum atomic E-state index is 0.436. The molecule has 3 rings (SSSR count). The normalized spacial score (nSPS) is 26.0. The van der Waals surface area contributed by atoms with Gasteiger partial charge >= 0.3 is 0 Å². The van der Waals surface area contributed by atoms with E-state index in [0.29, 0.717) is 12.0 Å². The standard InChI is InChI=1S/C17H27N3O/c1-19-8-4-5-13-15(19)7-6-14(17(13)21-3)16-9-12(10-18)11-20(16)2/h6-7,12,16H,4-5,8-11,18H2,1-3H3. The van der Waals surface area contributed by atoms with E-state index in [1.54, 1.807) is 0 Å². The lowest BCUT2D eigenvalue weighted by Gasteiger charge is -2.31. The zero-order valence-corrected chi connectivity index (χ0v) is 13.4. The van der Waals surface area contributed by atoms with Crippen LogP contribution in [0.4, 0.5) is 5.69 Å². The molecule has 2 N–H and O–H groups in total. The van der Waals surface area contributed by atoms with Crippen molar-refractivity contribution < 1.29 is 4.74 Å². The van der Waals surface area contributed by atoms with Gasteiger partial charge in [-0.05, 0) is 44.8 Å². The average molecular weight is 289 g/mol. The molecule has 21 heavy (non-hydrogen) atoms. The highest BCUT2D eigenvalue weighted by Gasteiger charge is 2.33. The number of benzene rings is 1. The van der Waals surface area contributed by atoms with Gasteiger partial charge in [-0.1, -0.05) is 6.07 Å². The molecule has 116 valence electrons. The van der Waals surface area contributed by atoms with E-state index in [1.807, 2.05) is 7.11 Å². The van der Waals surface area contributed by atoms with Gasteiger partial charge in [-0.3, -0.25) is 4.90 Å². The average Bonchev–Trinajstić information content (AvgIpc) is 2.87. The number of nitrogens with zero attached hydrogens (tertiary/aromatic N) is 2. The third kappa shape index (κ3) is 2.51. The van der Waals surface area contributed by atoms with E-state index in [4.69, 9.17) is 10.5 Å². The molecule has 4 heteroatoms. The first-order valence-corrected chi connectivity index (χ1v) is 7.97. The van der Waals surface area contributed by atoms with E-state index in [2.05, 4.69) is 36.0 Å². The molecular weight excluding hydrogens is 262 g/mol. The molecule has 2 aliphatic heterocycles. The Hall–Kier alpha value is -1.26. The van der Waals surface area contributed by atoms with E-state index in [0.717, 1.165) is 38.2 Å². The third-order valence-corrected chi connectivity index (χ3v) is 5.13. The molecule has 2 aliphatic rings. The number of likely N-dealkylation sites (tertiary alicyclic amines) is 1. The molecule has 0 amide bonds. The molecule has 0 aliphatic carbocycles. The molecule has 0 spiro atoms. The molecule has 1 fully saturated rings.